The van der Waals surface area contributed by atoms with Crippen molar-refractivity contribution in [1.82, 2.24) is 9.62 Å². The van der Waals surface area contributed by atoms with Crippen LogP contribution in [0.3, 0.4) is 0 Å². The van der Waals surface area contributed by atoms with E-state index in [0.717, 1.165) is 37.1 Å². The fraction of sp³-hybridized carbons (Fsp3) is 0.435. The summed E-state index contributed by atoms with van der Waals surface area (Å²) in [7, 11) is -3.65. The van der Waals surface area contributed by atoms with Gasteiger partial charge in [0.05, 0.1) is 4.90 Å². The maximum atomic E-state index is 13.0. The Kier molecular flexibility index (Phi) is 6.22. The number of amides is 1. The van der Waals surface area contributed by atoms with Crippen molar-refractivity contribution in [3.8, 4) is 0 Å². The zero-order valence-corrected chi connectivity index (χ0v) is 18.1. The van der Waals surface area contributed by atoms with Gasteiger partial charge in [-0.05, 0) is 67.6 Å². The van der Waals surface area contributed by atoms with Gasteiger partial charge in [0.15, 0.2) is 0 Å². The molecule has 1 fully saturated rings. The molecule has 6 nitrogen and oxygen atoms in total. The van der Waals surface area contributed by atoms with Crippen molar-refractivity contribution in [2.75, 3.05) is 25.0 Å². The molecule has 160 valence electrons. The van der Waals surface area contributed by atoms with Gasteiger partial charge >= 0.3 is 0 Å². The zero-order valence-electron chi connectivity index (χ0n) is 17.3. The van der Waals surface area contributed by atoms with Crippen molar-refractivity contribution in [3.63, 3.8) is 0 Å². The molecule has 2 aliphatic rings. The van der Waals surface area contributed by atoms with Gasteiger partial charge in [-0.3, -0.25) is 9.69 Å². The number of carbonyl (C=O) groups excluding carboxylic acids is 1. The summed E-state index contributed by atoms with van der Waals surface area (Å²) in [5.41, 5.74) is 2.69. The highest BCUT2D eigenvalue weighted by atomic mass is 32.2. The van der Waals surface area contributed by atoms with E-state index in [1.807, 2.05) is 18.2 Å². The van der Waals surface area contributed by atoms with Gasteiger partial charge in [-0.2, -0.15) is 0 Å². The number of hydrogen-bond acceptors (Lipinski definition) is 4. The summed E-state index contributed by atoms with van der Waals surface area (Å²) in [4.78, 5) is 14.2. The molecule has 2 heterocycles. The van der Waals surface area contributed by atoms with Crippen molar-refractivity contribution >= 4 is 21.6 Å². The molecule has 2 aliphatic heterocycles. The van der Waals surface area contributed by atoms with Gasteiger partial charge in [0, 0.05) is 24.7 Å². The monoisotopic (exact) mass is 427 g/mol. The molecule has 30 heavy (non-hydrogen) atoms. The lowest BCUT2D eigenvalue weighted by atomic mass is 9.96. The van der Waals surface area contributed by atoms with Crippen LogP contribution in [0, 0.1) is 5.92 Å². The first-order valence-corrected chi connectivity index (χ1v) is 12.1. The van der Waals surface area contributed by atoms with E-state index in [0.29, 0.717) is 31.0 Å². The first-order chi connectivity index (χ1) is 14.4. The van der Waals surface area contributed by atoms with E-state index in [4.69, 9.17) is 0 Å². The normalized spacial score (nSPS) is 19.2. The molecule has 1 amide bonds. The molecule has 0 saturated carbocycles. The number of benzene rings is 2. The van der Waals surface area contributed by atoms with Gasteiger partial charge in [-0.15, -0.1) is 0 Å². The third-order valence-electron chi connectivity index (χ3n) is 6.19. The number of carbonyl (C=O) groups is 1. The van der Waals surface area contributed by atoms with Crippen molar-refractivity contribution in [1.29, 1.82) is 0 Å². The van der Waals surface area contributed by atoms with E-state index in [1.165, 1.54) is 0 Å². The Morgan fingerprint density at radius 3 is 2.57 bits per heavy atom. The first-order valence-electron chi connectivity index (χ1n) is 10.6. The van der Waals surface area contributed by atoms with Crippen LogP contribution in [0.1, 0.15) is 43.4 Å². The van der Waals surface area contributed by atoms with Crippen molar-refractivity contribution in [2.24, 2.45) is 5.92 Å². The number of sulfonamides is 1. The zero-order chi connectivity index (χ0) is 21.1. The Balaban J connectivity index is 1.52. The lowest BCUT2D eigenvalue weighted by Crippen LogP contribution is -2.42. The van der Waals surface area contributed by atoms with Gasteiger partial charge in [-0.1, -0.05) is 37.3 Å². The second-order valence-corrected chi connectivity index (χ2v) is 10.1. The number of rotatable bonds is 6. The molecule has 0 radical (unpaired) electrons. The minimum Gasteiger partial charge on any atom is -0.326 e. The van der Waals surface area contributed by atoms with E-state index < -0.39 is 10.0 Å². The standard InChI is InChI=1S/C23H29N3O3S/c1-17-11-13-26(14-12-17)22(18-5-3-2-4-6-18)16-24-30(28,29)20-8-9-21-19(15-20)7-10-23(27)25-21/h2-6,8-9,15,17,22,24H,7,10-14,16H2,1H3,(H,25,27). The third kappa shape index (κ3) is 4.74. The first kappa shape index (κ1) is 21.0. The summed E-state index contributed by atoms with van der Waals surface area (Å²) >= 11 is 0. The second kappa shape index (κ2) is 8.88. The minimum atomic E-state index is -3.65. The number of piperidine rings is 1. The van der Waals surface area contributed by atoms with E-state index in [-0.39, 0.29) is 16.8 Å². The molecule has 2 aromatic rings. The number of nitrogens with zero attached hydrogens (tertiary/aromatic N) is 1. The van der Waals surface area contributed by atoms with Gasteiger partial charge < -0.3 is 5.32 Å². The number of aryl methyl sites for hydroxylation is 1. The van der Waals surface area contributed by atoms with Gasteiger partial charge in [0.2, 0.25) is 15.9 Å². The third-order valence-corrected chi connectivity index (χ3v) is 7.61. The molecule has 7 heteroatoms. The molecule has 0 spiro atoms. The van der Waals surface area contributed by atoms with Crippen LogP contribution in [-0.2, 0) is 21.2 Å². The Bertz CT molecular complexity index is 1000. The number of fused-ring (bicyclic) bond motifs is 1. The summed E-state index contributed by atoms with van der Waals surface area (Å²) in [6.07, 6.45) is 3.20. The smallest absolute Gasteiger partial charge is 0.240 e. The number of likely N-dealkylation sites (tertiary alicyclic amines) is 1. The molecule has 0 aliphatic carbocycles. The molecule has 2 aromatic carbocycles. The van der Waals surface area contributed by atoms with Gasteiger partial charge in [0.25, 0.3) is 0 Å². The van der Waals surface area contributed by atoms with Crippen LogP contribution in [0.15, 0.2) is 53.4 Å². The van der Waals surface area contributed by atoms with E-state index in [2.05, 4.69) is 34.0 Å². The average molecular weight is 428 g/mol. The number of nitrogens with one attached hydrogen (secondary N) is 2. The lowest BCUT2D eigenvalue weighted by molar-refractivity contribution is -0.116. The van der Waals surface area contributed by atoms with Crippen molar-refractivity contribution in [3.05, 3.63) is 59.7 Å². The summed E-state index contributed by atoms with van der Waals surface area (Å²) in [5.74, 6) is 0.683. The van der Waals surface area contributed by atoms with Gasteiger partial charge in [0.1, 0.15) is 0 Å². The number of anilines is 1. The van der Waals surface area contributed by atoms with E-state index in [9.17, 15) is 13.2 Å². The summed E-state index contributed by atoms with van der Waals surface area (Å²) in [6.45, 7) is 4.55. The SMILES string of the molecule is CC1CCN(C(CNS(=O)(=O)c2ccc3c(c2)CCC(=O)N3)c2ccccc2)CC1. The molecule has 1 atom stereocenters. The Morgan fingerprint density at radius 1 is 1.10 bits per heavy atom. The van der Waals surface area contributed by atoms with Crippen LogP contribution >= 0.6 is 0 Å². The maximum Gasteiger partial charge on any atom is 0.240 e. The molecular formula is C23H29N3O3S. The summed E-state index contributed by atoms with van der Waals surface area (Å²) in [6, 6.07) is 15.0. The van der Waals surface area contributed by atoms with E-state index >= 15 is 0 Å². The fourth-order valence-corrected chi connectivity index (χ4v) is 5.36. The van der Waals surface area contributed by atoms with Crippen LogP contribution in [-0.4, -0.2) is 38.9 Å². The Morgan fingerprint density at radius 2 is 1.83 bits per heavy atom. The molecule has 2 N–H and O–H groups in total. The highest BCUT2D eigenvalue weighted by molar-refractivity contribution is 7.89. The lowest BCUT2D eigenvalue weighted by Gasteiger charge is -2.37. The van der Waals surface area contributed by atoms with Gasteiger partial charge in [-0.25, -0.2) is 13.1 Å². The highest BCUT2D eigenvalue weighted by Gasteiger charge is 2.27. The predicted molar refractivity (Wildman–Crippen MR) is 118 cm³/mol. The van der Waals surface area contributed by atoms with Crippen molar-refractivity contribution in [2.45, 2.75) is 43.5 Å². The largest absolute Gasteiger partial charge is 0.326 e. The molecular weight excluding hydrogens is 398 g/mol. The quantitative estimate of drug-likeness (QED) is 0.741. The fourth-order valence-electron chi connectivity index (χ4n) is 4.27. The molecule has 4 rings (SSSR count). The molecule has 0 aromatic heterocycles. The predicted octanol–water partition coefficient (Wildman–Crippen LogP) is 3.32. The second-order valence-electron chi connectivity index (χ2n) is 8.36. The average Bonchev–Trinajstić information content (AvgIpc) is 2.75. The van der Waals surface area contributed by atoms with Crippen LogP contribution in [0.2, 0.25) is 0 Å². The number of hydrogen-bond donors (Lipinski definition) is 2. The van der Waals surface area contributed by atoms with Crippen molar-refractivity contribution < 1.29 is 13.2 Å². The Hall–Kier alpha value is -2.22. The Labute approximate surface area is 178 Å². The van der Waals surface area contributed by atoms with Crippen LogP contribution in [0.4, 0.5) is 5.69 Å². The summed E-state index contributed by atoms with van der Waals surface area (Å²) < 4.78 is 28.9. The van der Waals surface area contributed by atoms with Crippen LogP contribution in [0.5, 0.6) is 0 Å². The maximum absolute atomic E-state index is 13.0. The summed E-state index contributed by atoms with van der Waals surface area (Å²) in [5, 5.41) is 2.80. The van der Waals surface area contributed by atoms with Crippen LogP contribution < -0.4 is 10.0 Å². The molecule has 0 bridgehead atoms. The van der Waals surface area contributed by atoms with E-state index in [1.54, 1.807) is 18.2 Å². The topological polar surface area (TPSA) is 78.5 Å². The molecule has 1 unspecified atom stereocenters. The molecule has 1 saturated heterocycles. The van der Waals surface area contributed by atoms with Crippen LogP contribution in [0.25, 0.3) is 0 Å². The highest BCUT2D eigenvalue weighted by Crippen LogP contribution is 2.28. The minimum absolute atomic E-state index is 0.00499.